The van der Waals surface area contributed by atoms with Crippen molar-refractivity contribution in [3.8, 4) is 5.75 Å². The van der Waals surface area contributed by atoms with E-state index in [-0.39, 0.29) is 5.41 Å². The predicted molar refractivity (Wildman–Crippen MR) is 141 cm³/mol. The van der Waals surface area contributed by atoms with Crippen molar-refractivity contribution in [2.24, 2.45) is 17.3 Å². The zero-order valence-corrected chi connectivity index (χ0v) is 20.8. The highest BCUT2D eigenvalue weighted by Gasteiger charge is 2.56. The third kappa shape index (κ3) is 4.23. The molecule has 6 rings (SSSR count). The molecule has 2 nitrogen and oxygen atoms in total. The molecular weight excluding hydrogens is 428 g/mol. The van der Waals surface area contributed by atoms with E-state index in [1.165, 1.54) is 47.1 Å². The largest absolute Gasteiger partial charge is 0.489 e. The van der Waals surface area contributed by atoms with Gasteiger partial charge in [-0.25, -0.2) is 0 Å². The van der Waals surface area contributed by atoms with E-state index in [9.17, 15) is 0 Å². The minimum atomic E-state index is 0.198. The van der Waals surface area contributed by atoms with E-state index in [0.717, 1.165) is 18.6 Å². The molecule has 0 saturated heterocycles. The maximum absolute atomic E-state index is 6.58. The molecule has 0 radical (unpaired) electrons. The number of fused-ring (bicyclic) bond motifs is 5. The van der Waals surface area contributed by atoms with Crippen molar-refractivity contribution in [3.05, 3.63) is 113 Å². The summed E-state index contributed by atoms with van der Waals surface area (Å²) < 4.78 is 12.7. The molecule has 5 atom stereocenters. The van der Waals surface area contributed by atoms with Gasteiger partial charge in [-0.15, -0.1) is 0 Å². The number of ether oxygens (including phenoxy) is 2. The van der Waals surface area contributed by atoms with Crippen molar-refractivity contribution in [1.82, 2.24) is 0 Å². The van der Waals surface area contributed by atoms with Gasteiger partial charge < -0.3 is 9.47 Å². The second-order valence-electron chi connectivity index (χ2n) is 11.1. The highest BCUT2D eigenvalue weighted by Crippen LogP contribution is 2.63. The molecule has 180 valence electrons. The smallest absolute Gasteiger partial charge is 0.120 e. The molecule has 0 amide bonds. The van der Waals surface area contributed by atoms with Gasteiger partial charge in [-0.3, -0.25) is 0 Å². The molecular formula is C33H36O2. The van der Waals surface area contributed by atoms with Crippen LogP contribution in [-0.4, -0.2) is 6.10 Å². The van der Waals surface area contributed by atoms with Crippen LogP contribution >= 0.6 is 0 Å². The molecule has 2 saturated carbocycles. The highest BCUT2D eigenvalue weighted by molar-refractivity contribution is 5.45. The topological polar surface area (TPSA) is 18.5 Å². The Morgan fingerprint density at radius 2 is 1.57 bits per heavy atom. The number of allylic oxidation sites excluding steroid dienone is 1. The lowest BCUT2D eigenvalue weighted by molar-refractivity contribution is -0.0587. The first kappa shape index (κ1) is 22.6. The lowest BCUT2D eigenvalue weighted by Gasteiger charge is -2.51. The molecule has 35 heavy (non-hydrogen) atoms. The number of hydrogen-bond acceptors (Lipinski definition) is 2. The first-order valence-electron chi connectivity index (χ1n) is 13.2. The Hall–Kier alpha value is -2.84. The van der Waals surface area contributed by atoms with Crippen molar-refractivity contribution in [1.29, 1.82) is 0 Å². The van der Waals surface area contributed by atoms with Gasteiger partial charge in [0.2, 0.25) is 0 Å². The van der Waals surface area contributed by atoms with Gasteiger partial charge in [-0.1, -0.05) is 85.8 Å². The average Bonchev–Trinajstić information content (AvgIpc) is 3.22. The summed E-state index contributed by atoms with van der Waals surface area (Å²) in [6.45, 7) is 8.48. The minimum Gasteiger partial charge on any atom is -0.489 e. The highest BCUT2D eigenvalue weighted by atomic mass is 16.5. The van der Waals surface area contributed by atoms with Gasteiger partial charge in [0.1, 0.15) is 12.4 Å². The van der Waals surface area contributed by atoms with Crippen molar-refractivity contribution < 1.29 is 9.47 Å². The lowest BCUT2D eigenvalue weighted by atomic mass is 9.54. The van der Waals surface area contributed by atoms with Gasteiger partial charge in [0, 0.05) is 11.3 Å². The van der Waals surface area contributed by atoms with Crippen LogP contribution in [0.5, 0.6) is 5.75 Å². The van der Waals surface area contributed by atoms with E-state index < -0.39 is 0 Å². The van der Waals surface area contributed by atoms with Crippen LogP contribution in [0.2, 0.25) is 0 Å². The number of aryl methyl sites for hydroxylation is 1. The van der Waals surface area contributed by atoms with Crippen LogP contribution in [0.15, 0.2) is 91.0 Å². The monoisotopic (exact) mass is 464 g/mol. The minimum absolute atomic E-state index is 0.198. The van der Waals surface area contributed by atoms with Crippen LogP contribution in [0.4, 0.5) is 0 Å². The van der Waals surface area contributed by atoms with Crippen molar-refractivity contribution in [2.75, 3.05) is 0 Å². The maximum atomic E-state index is 6.58. The summed E-state index contributed by atoms with van der Waals surface area (Å²) in [7, 11) is 0. The second kappa shape index (κ2) is 9.32. The van der Waals surface area contributed by atoms with Crippen molar-refractivity contribution in [2.45, 2.75) is 64.3 Å². The Morgan fingerprint density at radius 1 is 0.857 bits per heavy atom. The van der Waals surface area contributed by atoms with Crippen LogP contribution in [0.1, 0.15) is 60.8 Å². The Kier molecular flexibility index (Phi) is 6.02. The van der Waals surface area contributed by atoms with E-state index in [1.807, 2.05) is 6.07 Å². The van der Waals surface area contributed by atoms with E-state index in [0.29, 0.717) is 37.1 Å². The Labute approximate surface area is 210 Å². The van der Waals surface area contributed by atoms with Crippen LogP contribution in [0.3, 0.4) is 0 Å². The summed E-state index contributed by atoms with van der Waals surface area (Å²) in [4.78, 5) is 0. The van der Waals surface area contributed by atoms with Crippen LogP contribution < -0.4 is 4.74 Å². The Morgan fingerprint density at radius 3 is 2.31 bits per heavy atom. The average molecular weight is 465 g/mol. The van der Waals surface area contributed by atoms with Gasteiger partial charge in [0.15, 0.2) is 0 Å². The fraction of sp³-hybridized carbons (Fsp3) is 0.394. The zero-order chi connectivity index (χ0) is 23.8. The molecule has 0 spiro atoms. The summed E-state index contributed by atoms with van der Waals surface area (Å²) in [5, 5.41) is 0. The normalized spacial score (nSPS) is 29.2. The summed E-state index contributed by atoms with van der Waals surface area (Å²) in [5.41, 5.74) is 7.02. The Balaban J connectivity index is 1.18. The van der Waals surface area contributed by atoms with Gasteiger partial charge in [-0.2, -0.15) is 0 Å². The third-order valence-corrected chi connectivity index (χ3v) is 9.05. The van der Waals surface area contributed by atoms with Crippen LogP contribution in [-0.2, 0) is 24.4 Å². The molecule has 3 aromatic carbocycles. The maximum Gasteiger partial charge on any atom is 0.120 e. The van der Waals surface area contributed by atoms with E-state index in [4.69, 9.17) is 9.47 Å². The van der Waals surface area contributed by atoms with Gasteiger partial charge in [0.25, 0.3) is 0 Å². The molecule has 3 aromatic rings. The van der Waals surface area contributed by atoms with Gasteiger partial charge in [0.05, 0.1) is 12.7 Å². The summed E-state index contributed by atoms with van der Waals surface area (Å²) >= 11 is 0. The first-order chi connectivity index (χ1) is 17.1. The number of hydrogen-bond donors (Lipinski definition) is 0. The molecule has 0 unspecified atom stereocenters. The molecule has 2 fully saturated rings. The number of rotatable bonds is 6. The quantitative estimate of drug-likeness (QED) is 0.346. The van der Waals surface area contributed by atoms with Gasteiger partial charge >= 0.3 is 0 Å². The molecule has 3 aliphatic rings. The number of benzene rings is 3. The first-order valence-corrected chi connectivity index (χ1v) is 13.2. The zero-order valence-electron chi connectivity index (χ0n) is 20.8. The third-order valence-electron chi connectivity index (χ3n) is 9.05. The van der Waals surface area contributed by atoms with Crippen LogP contribution in [0.25, 0.3) is 0 Å². The van der Waals surface area contributed by atoms with Gasteiger partial charge in [-0.05, 0) is 78.3 Å². The second-order valence-corrected chi connectivity index (χ2v) is 11.1. The molecule has 3 aliphatic carbocycles. The van der Waals surface area contributed by atoms with E-state index >= 15 is 0 Å². The summed E-state index contributed by atoms with van der Waals surface area (Å²) in [5.74, 6) is 2.84. The molecule has 0 N–H and O–H groups in total. The SMILES string of the molecule is C=C1C[C@]2(C)[C@@H](OCc3ccccc3)CC[C@H]2[C@@H]2CCc3cc(OCc4ccccc4)ccc3[C@@H]12. The van der Waals surface area contributed by atoms with Crippen molar-refractivity contribution in [3.63, 3.8) is 0 Å². The Bertz CT molecular complexity index is 1180. The molecule has 2 heteroatoms. The van der Waals surface area contributed by atoms with Crippen LogP contribution in [0, 0.1) is 17.3 Å². The summed E-state index contributed by atoms with van der Waals surface area (Å²) in [6.07, 6.45) is 6.21. The predicted octanol–water partition coefficient (Wildman–Crippen LogP) is 7.87. The van der Waals surface area contributed by atoms with E-state index in [1.54, 1.807) is 0 Å². The molecule has 0 bridgehead atoms. The lowest BCUT2D eigenvalue weighted by Crippen LogP contribution is -2.45. The molecule has 0 aliphatic heterocycles. The van der Waals surface area contributed by atoms with E-state index in [2.05, 4.69) is 86.3 Å². The van der Waals surface area contributed by atoms with Crippen molar-refractivity contribution >= 4 is 0 Å². The fourth-order valence-corrected chi connectivity index (χ4v) is 7.43. The molecule has 0 heterocycles. The standard InChI is InChI=1S/C33H36O2/c1-23-20-33(2)30(17-18-31(33)35-22-25-11-7-4-8-12-25)29-15-13-26-19-27(14-16-28(26)32(23)29)34-21-24-9-5-3-6-10-24/h3-12,14,16,19,29-32H,1,13,15,17-18,20-22H2,2H3/t29-,30-,31-,32+,33-/m0/s1. The summed E-state index contributed by atoms with van der Waals surface area (Å²) in [6, 6.07) is 27.8. The molecule has 0 aromatic heterocycles. The fourth-order valence-electron chi connectivity index (χ4n) is 7.43.